The van der Waals surface area contributed by atoms with Gasteiger partial charge in [0.05, 0.1) is 11.2 Å². The smallest absolute Gasteiger partial charge is 0.231 e. The average Bonchev–Trinajstić information content (AvgIpc) is 2.90. The van der Waals surface area contributed by atoms with E-state index >= 15 is 0 Å². The number of hydrogen-bond donors (Lipinski definition) is 1. The fraction of sp³-hybridized carbons (Fsp3) is 0.647. The first-order valence-corrected chi connectivity index (χ1v) is 7.63. The van der Waals surface area contributed by atoms with Crippen LogP contribution in [0.15, 0.2) is 18.2 Å². The molecule has 0 spiro atoms. The summed E-state index contributed by atoms with van der Waals surface area (Å²) in [6.45, 7) is 11.1. The average molecular weight is 291 g/mol. The van der Waals surface area contributed by atoms with Crippen LogP contribution in [0.4, 0.5) is 0 Å². The van der Waals surface area contributed by atoms with Gasteiger partial charge >= 0.3 is 0 Å². The summed E-state index contributed by atoms with van der Waals surface area (Å²) in [6.07, 6.45) is 1.01. The number of ether oxygens (including phenoxy) is 3. The maximum atomic E-state index is 6.15. The van der Waals surface area contributed by atoms with Gasteiger partial charge in [-0.05, 0) is 58.7 Å². The standard InChI is InChI=1S/C17H25NO3/c1-11(12-6-7-13-14(8-12)20-10-19-13)18-15-9-16(2,3)21-17(15,4)5/h6-8,11,15,18H,9-10H2,1-5H3. The SMILES string of the molecule is CC(NC1CC(C)(C)OC1(C)C)c1ccc2c(c1)OCO2. The van der Waals surface area contributed by atoms with Crippen molar-refractivity contribution in [3.8, 4) is 11.5 Å². The van der Waals surface area contributed by atoms with Gasteiger partial charge in [-0.3, -0.25) is 0 Å². The van der Waals surface area contributed by atoms with Crippen LogP contribution < -0.4 is 14.8 Å². The van der Waals surface area contributed by atoms with E-state index in [4.69, 9.17) is 14.2 Å². The third kappa shape index (κ3) is 2.87. The van der Waals surface area contributed by atoms with E-state index < -0.39 is 0 Å². The number of fused-ring (bicyclic) bond motifs is 1. The van der Waals surface area contributed by atoms with Crippen molar-refractivity contribution in [3.05, 3.63) is 23.8 Å². The topological polar surface area (TPSA) is 39.7 Å². The highest BCUT2D eigenvalue weighted by Gasteiger charge is 2.46. The van der Waals surface area contributed by atoms with E-state index in [-0.39, 0.29) is 17.2 Å². The quantitative estimate of drug-likeness (QED) is 0.926. The lowest BCUT2D eigenvalue weighted by atomic mass is 9.93. The molecule has 0 bridgehead atoms. The van der Waals surface area contributed by atoms with Crippen LogP contribution in [0, 0.1) is 0 Å². The van der Waals surface area contributed by atoms with Gasteiger partial charge in [0, 0.05) is 12.1 Å². The fourth-order valence-corrected chi connectivity index (χ4v) is 3.40. The molecule has 0 amide bonds. The predicted molar refractivity (Wildman–Crippen MR) is 81.8 cm³/mol. The highest BCUT2D eigenvalue weighted by atomic mass is 16.7. The Morgan fingerprint density at radius 3 is 2.52 bits per heavy atom. The molecule has 4 heteroatoms. The summed E-state index contributed by atoms with van der Waals surface area (Å²) in [4.78, 5) is 0. The summed E-state index contributed by atoms with van der Waals surface area (Å²) in [6, 6.07) is 6.71. The maximum absolute atomic E-state index is 6.15. The van der Waals surface area contributed by atoms with Crippen molar-refractivity contribution in [1.82, 2.24) is 5.32 Å². The Labute approximate surface area is 126 Å². The Bertz CT molecular complexity index is 539. The second-order valence-electron chi connectivity index (χ2n) is 7.22. The van der Waals surface area contributed by atoms with Crippen molar-refractivity contribution in [1.29, 1.82) is 0 Å². The molecule has 2 heterocycles. The largest absolute Gasteiger partial charge is 0.454 e. The van der Waals surface area contributed by atoms with Gasteiger partial charge in [0.2, 0.25) is 6.79 Å². The summed E-state index contributed by atoms with van der Waals surface area (Å²) in [7, 11) is 0. The molecule has 2 aliphatic rings. The Hall–Kier alpha value is -1.26. The molecular formula is C17H25NO3. The Morgan fingerprint density at radius 1 is 1.14 bits per heavy atom. The third-order valence-electron chi connectivity index (χ3n) is 4.42. The lowest BCUT2D eigenvalue weighted by Crippen LogP contribution is -2.44. The minimum absolute atomic E-state index is 0.0736. The van der Waals surface area contributed by atoms with Crippen molar-refractivity contribution in [2.75, 3.05) is 6.79 Å². The zero-order valence-corrected chi connectivity index (χ0v) is 13.5. The van der Waals surface area contributed by atoms with E-state index in [0.717, 1.165) is 17.9 Å². The molecule has 3 rings (SSSR count). The molecule has 1 aromatic rings. The summed E-state index contributed by atoms with van der Waals surface area (Å²) in [5.74, 6) is 1.67. The molecule has 2 atom stereocenters. The molecule has 1 aromatic carbocycles. The first-order chi connectivity index (χ1) is 9.77. The van der Waals surface area contributed by atoms with Crippen molar-refractivity contribution < 1.29 is 14.2 Å². The molecule has 4 nitrogen and oxygen atoms in total. The van der Waals surface area contributed by atoms with Gasteiger partial charge in [-0.1, -0.05) is 6.07 Å². The molecule has 1 saturated heterocycles. The molecule has 0 aliphatic carbocycles. The van der Waals surface area contributed by atoms with E-state index in [2.05, 4.69) is 52.1 Å². The second-order valence-corrected chi connectivity index (χ2v) is 7.22. The molecule has 21 heavy (non-hydrogen) atoms. The van der Waals surface area contributed by atoms with E-state index in [1.165, 1.54) is 5.56 Å². The minimum Gasteiger partial charge on any atom is -0.454 e. The summed E-state index contributed by atoms with van der Waals surface area (Å²) in [5.41, 5.74) is 0.976. The maximum Gasteiger partial charge on any atom is 0.231 e. The molecule has 2 aliphatic heterocycles. The van der Waals surface area contributed by atoms with E-state index in [0.29, 0.717) is 12.8 Å². The van der Waals surface area contributed by atoms with Crippen LogP contribution in [0.25, 0.3) is 0 Å². The van der Waals surface area contributed by atoms with Crippen LogP contribution in [0.2, 0.25) is 0 Å². The Kier molecular flexibility index (Phi) is 3.41. The normalized spacial score (nSPS) is 26.8. The molecule has 1 N–H and O–H groups in total. The van der Waals surface area contributed by atoms with Gasteiger partial charge in [0.25, 0.3) is 0 Å². The predicted octanol–water partition coefficient (Wildman–Crippen LogP) is 3.41. The summed E-state index contributed by atoms with van der Waals surface area (Å²) in [5, 5.41) is 3.71. The molecule has 0 saturated carbocycles. The van der Waals surface area contributed by atoms with Crippen molar-refractivity contribution in [2.45, 2.75) is 64.3 Å². The molecule has 1 fully saturated rings. The second kappa shape index (κ2) is 4.89. The minimum atomic E-state index is -0.159. The van der Waals surface area contributed by atoms with Gasteiger partial charge in [-0.25, -0.2) is 0 Å². The van der Waals surface area contributed by atoms with E-state index in [1.807, 2.05) is 6.07 Å². The van der Waals surface area contributed by atoms with Crippen LogP contribution >= 0.6 is 0 Å². The summed E-state index contributed by atoms with van der Waals surface area (Å²) >= 11 is 0. The van der Waals surface area contributed by atoms with Gasteiger partial charge in [0.15, 0.2) is 11.5 Å². The van der Waals surface area contributed by atoms with Gasteiger partial charge in [-0.2, -0.15) is 0 Å². The molecule has 0 aromatic heterocycles. The number of nitrogens with one attached hydrogen (secondary N) is 1. The first-order valence-electron chi connectivity index (χ1n) is 7.63. The van der Waals surface area contributed by atoms with Crippen LogP contribution in [0.1, 0.15) is 52.6 Å². The van der Waals surface area contributed by atoms with E-state index in [9.17, 15) is 0 Å². The lowest BCUT2D eigenvalue weighted by molar-refractivity contribution is -0.0703. The Morgan fingerprint density at radius 2 is 1.86 bits per heavy atom. The van der Waals surface area contributed by atoms with E-state index in [1.54, 1.807) is 0 Å². The number of benzene rings is 1. The van der Waals surface area contributed by atoms with Crippen LogP contribution in [-0.2, 0) is 4.74 Å². The van der Waals surface area contributed by atoms with Gasteiger partial charge in [-0.15, -0.1) is 0 Å². The van der Waals surface area contributed by atoms with Crippen molar-refractivity contribution in [2.24, 2.45) is 0 Å². The third-order valence-corrected chi connectivity index (χ3v) is 4.42. The zero-order valence-electron chi connectivity index (χ0n) is 13.5. The Balaban J connectivity index is 1.73. The van der Waals surface area contributed by atoms with Crippen LogP contribution in [0.3, 0.4) is 0 Å². The highest BCUT2D eigenvalue weighted by molar-refractivity contribution is 5.45. The zero-order chi connectivity index (χ0) is 15.3. The van der Waals surface area contributed by atoms with Crippen LogP contribution in [0.5, 0.6) is 11.5 Å². The van der Waals surface area contributed by atoms with Gasteiger partial charge < -0.3 is 19.5 Å². The lowest BCUT2D eigenvalue weighted by Gasteiger charge is -2.30. The molecule has 116 valence electrons. The molecular weight excluding hydrogens is 266 g/mol. The first kappa shape index (κ1) is 14.7. The van der Waals surface area contributed by atoms with Crippen molar-refractivity contribution >= 4 is 0 Å². The van der Waals surface area contributed by atoms with Gasteiger partial charge in [0.1, 0.15) is 0 Å². The highest BCUT2D eigenvalue weighted by Crippen LogP contribution is 2.39. The summed E-state index contributed by atoms with van der Waals surface area (Å²) < 4.78 is 17.0. The number of hydrogen-bond acceptors (Lipinski definition) is 4. The monoisotopic (exact) mass is 291 g/mol. The molecule has 0 radical (unpaired) electrons. The van der Waals surface area contributed by atoms with Crippen molar-refractivity contribution in [3.63, 3.8) is 0 Å². The number of rotatable bonds is 3. The van der Waals surface area contributed by atoms with Crippen LogP contribution in [-0.4, -0.2) is 24.0 Å². The fourth-order valence-electron chi connectivity index (χ4n) is 3.40. The molecule has 2 unspecified atom stereocenters.